The lowest BCUT2D eigenvalue weighted by molar-refractivity contribution is -0.0843. The van der Waals surface area contributed by atoms with Gasteiger partial charge < -0.3 is 0 Å². The molecule has 0 amide bonds. The molecule has 1 heterocycles. The van der Waals surface area contributed by atoms with E-state index >= 15 is 0 Å². The fraction of sp³-hybridized carbons (Fsp3) is 0.600. The molecule has 11 heavy (non-hydrogen) atoms. The molecule has 0 unspecified atom stereocenters. The molecule has 6 heteroatoms. The molecule has 1 aliphatic rings. The van der Waals surface area contributed by atoms with Gasteiger partial charge in [-0.3, -0.25) is 0 Å². The number of halogens is 3. The van der Waals surface area contributed by atoms with Gasteiger partial charge in [0, 0.05) is 0 Å². The minimum atomic E-state index is -4.71. The van der Waals surface area contributed by atoms with Gasteiger partial charge >= 0.3 is 6.18 Å². The molecule has 0 aromatic heterocycles. The summed E-state index contributed by atoms with van der Waals surface area (Å²) < 4.78 is 56.7. The average Bonchev–Trinajstić information content (AvgIpc) is 2.06. The second-order valence-corrected chi connectivity index (χ2v) is 4.25. The Hall–Kier alpha value is -0.520. The zero-order valence-electron chi connectivity index (χ0n) is 5.35. The van der Waals surface area contributed by atoms with E-state index in [0.29, 0.717) is 0 Å². The van der Waals surface area contributed by atoms with Gasteiger partial charge in [-0.15, -0.1) is 0 Å². The van der Waals surface area contributed by atoms with Crippen LogP contribution in [-0.4, -0.2) is 20.3 Å². The van der Waals surface area contributed by atoms with Crippen molar-refractivity contribution >= 4 is 9.84 Å². The molecule has 0 saturated carbocycles. The maximum atomic E-state index is 11.8. The van der Waals surface area contributed by atoms with E-state index in [0.717, 1.165) is 6.08 Å². The molecule has 0 aliphatic carbocycles. The van der Waals surface area contributed by atoms with Gasteiger partial charge in [0.15, 0.2) is 9.84 Å². The minimum absolute atomic E-state index is 0.0306. The molecular weight excluding hydrogens is 181 g/mol. The first-order valence-electron chi connectivity index (χ1n) is 2.84. The molecular formula is C5H5F3O2S. The van der Waals surface area contributed by atoms with Crippen LogP contribution in [-0.2, 0) is 9.84 Å². The van der Waals surface area contributed by atoms with Gasteiger partial charge in [0.2, 0.25) is 0 Å². The van der Waals surface area contributed by atoms with Gasteiger partial charge in [-0.2, -0.15) is 13.2 Å². The summed E-state index contributed by atoms with van der Waals surface area (Å²) in [6.07, 6.45) is -4.03. The van der Waals surface area contributed by atoms with Crippen LogP contribution >= 0.6 is 0 Å². The molecule has 0 atom stereocenters. The Morgan fingerprint density at radius 3 is 2.09 bits per heavy atom. The van der Waals surface area contributed by atoms with Crippen molar-refractivity contribution in [3.63, 3.8) is 0 Å². The van der Waals surface area contributed by atoms with Gasteiger partial charge in [0.25, 0.3) is 0 Å². The second kappa shape index (κ2) is 2.23. The van der Waals surface area contributed by atoms with Crippen LogP contribution in [0.5, 0.6) is 0 Å². The summed E-state index contributed by atoms with van der Waals surface area (Å²) in [7, 11) is -4.01. The fourth-order valence-electron chi connectivity index (χ4n) is 0.874. The molecule has 0 saturated heterocycles. The Kier molecular flexibility index (Phi) is 1.74. The molecule has 0 fully saturated rings. The first-order valence-corrected chi connectivity index (χ1v) is 4.49. The summed E-state index contributed by atoms with van der Waals surface area (Å²) in [6, 6.07) is 0. The van der Waals surface area contributed by atoms with Gasteiger partial charge in [0.05, 0.1) is 5.75 Å². The zero-order chi connectivity index (χ0) is 8.70. The third-order valence-corrected chi connectivity index (χ3v) is 3.17. The summed E-state index contributed by atoms with van der Waals surface area (Å²) >= 11 is 0. The summed E-state index contributed by atoms with van der Waals surface area (Å²) in [5, 5.41) is 0. The minimum Gasteiger partial charge on any atom is -0.224 e. The van der Waals surface area contributed by atoms with Crippen LogP contribution in [0.15, 0.2) is 11.0 Å². The Balaban J connectivity index is 3.09. The molecule has 1 aliphatic heterocycles. The molecule has 0 spiro atoms. The Labute approximate surface area is 61.6 Å². The Morgan fingerprint density at radius 2 is 1.91 bits per heavy atom. The number of rotatable bonds is 0. The van der Waals surface area contributed by atoms with Crippen LogP contribution in [0, 0.1) is 0 Å². The third kappa shape index (κ3) is 1.55. The van der Waals surface area contributed by atoms with E-state index in [1.807, 2.05) is 0 Å². The van der Waals surface area contributed by atoms with Crippen LogP contribution in [0.1, 0.15) is 6.42 Å². The molecule has 64 valence electrons. The standard InChI is InChI=1S/C5H5F3O2S/c6-5(7,8)4-2-1-3-11(4,9)10/h2H,1,3H2. The van der Waals surface area contributed by atoms with Crippen molar-refractivity contribution in [2.45, 2.75) is 12.6 Å². The van der Waals surface area contributed by atoms with Crippen LogP contribution < -0.4 is 0 Å². The molecule has 2 nitrogen and oxygen atoms in total. The van der Waals surface area contributed by atoms with Crippen LogP contribution in [0.4, 0.5) is 13.2 Å². The first kappa shape index (κ1) is 8.58. The number of alkyl halides is 3. The smallest absolute Gasteiger partial charge is 0.224 e. The van der Waals surface area contributed by atoms with E-state index in [-0.39, 0.29) is 6.42 Å². The lowest BCUT2D eigenvalue weighted by Crippen LogP contribution is -2.18. The summed E-state index contributed by atoms with van der Waals surface area (Å²) in [5.74, 6) is -0.415. The molecule has 0 bridgehead atoms. The van der Waals surface area contributed by atoms with Crippen molar-refractivity contribution in [3.05, 3.63) is 11.0 Å². The third-order valence-electron chi connectivity index (χ3n) is 1.33. The molecule has 0 N–H and O–H groups in total. The highest BCUT2D eigenvalue weighted by Crippen LogP contribution is 2.34. The Bertz CT molecular complexity index is 285. The summed E-state index contributed by atoms with van der Waals surface area (Å²) in [4.78, 5) is -1.38. The van der Waals surface area contributed by atoms with Crippen molar-refractivity contribution in [2.75, 3.05) is 5.75 Å². The van der Waals surface area contributed by atoms with Gasteiger partial charge in [-0.25, -0.2) is 8.42 Å². The molecule has 0 aromatic rings. The number of allylic oxidation sites excluding steroid dienone is 2. The van der Waals surface area contributed by atoms with E-state index in [1.165, 1.54) is 0 Å². The van der Waals surface area contributed by atoms with Gasteiger partial charge in [0.1, 0.15) is 4.91 Å². The van der Waals surface area contributed by atoms with Crippen molar-refractivity contribution < 1.29 is 21.6 Å². The highest BCUT2D eigenvalue weighted by molar-refractivity contribution is 7.95. The lowest BCUT2D eigenvalue weighted by atomic mass is 10.4. The number of sulfone groups is 1. The van der Waals surface area contributed by atoms with Crippen molar-refractivity contribution in [2.24, 2.45) is 0 Å². The SMILES string of the molecule is O=S1(=O)CCC=C1C(F)(F)F. The van der Waals surface area contributed by atoms with Crippen molar-refractivity contribution in [1.29, 1.82) is 0 Å². The fourth-order valence-corrected chi connectivity index (χ4v) is 2.25. The lowest BCUT2D eigenvalue weighted by Gasteiger charge is -2.05. The monoisotopic (exact) mass is 186 g/mol. The quantitative estimate of drug-likeness (QED) is 0.570. The molecule has 0 radical (unpaired) electrons. The maximum Gasteiger partial charge on any atom is 0.426 e. The van der Waals surface area contributed by atoms with E-state index in [1.54, 1.807) is 0 Å². The van der Waals surface area contributed by atoms with Crippen molar-refractivity contribution in [1.82, 2.24) is 0 Å². The molecule has 1 rings (SSSR count). The topological polar surface area (TPSA) is 34.1 Å². The van der Waals surface area contributed by atoms with Gasteiger partial charge in [-0.05, 0) is 6.42 Å². The van der Waals surface area contributed by atoms with E-state index in [2.05, 4.69) is 0 Å². The first-order chi connectivity index (χ1) is 4.84. The number of hydrogen-bond acceptors (Lipinski definition) is 2. The van der Waals surface area contributed by atoms with Gasteiger partial charge in [-0.1, -0.05) is 6.08 Å². The Morgan fingerprint density at radius 1 is 1.36 bits per heavy atom. The summed E-state index contributed by atoms with van der Waals surface area (Å²) in [5.41, 5.74) is 0. The zero-order valence-corrected chi connectivity index (χ0v) is 6.17. The normalized spacial score (nSPS) is 23.4. The number of hydrogen-bond donors (Lipinski definition) is 0. The predicted octanol–water partition coefficient (Wildman–Crippen LogP) is 1.25. The highest BCUT2D eigenvalue weighted by atomic mass is 32.2. The van der Waals surface area contributed by atoms with Crippen LogP contribution in [0.2, 0.25) is 0 Å². The highest BCUT2D eigenvalue weighted by Gasteiger charge is 2.44. The van der Waals surface area contributed by atoms with Crippen LogP contribution in [0.25, 0.3) is 0 Å². The average molecular weight is 186 g/mol. The molecule has 0 aromatic carbocycles. The second-order valence-electron chi connectivity index (χ2n) is 2.17. The maximum absolute atomic E-state index is 11.8. The van der Waals surface area contributed by atoms with E-state index in [9.17, 15) is 21.6 Å². The van der Waals surface area contributed by atoms with Crippen LogP contribution in [0.3, 0.4) is 0 Å². The van der Waals surface area contributed by atoms with Crippen molar-refractivity contribution in [3.8, 4) is 0 Å². The predicted molar refractivity (Wildman–Crippen MR) is 32.5 cm³/mol. The largest absolute Gasteiger partial charge is 0.426 e. The van der Waals surface area contributed by atoms with E-state index < -0.39 is 26.7 Å². The summed E-state index contributed by atoms with van der Waals surface area (Å²) in [6.45, 7) is 0. The van der Waals surface area contributed by atoms with E-state index in [4.69, 9.17) is 0 Å².